The maximum absolute atomic E-state index is 11.3. The molecule has 0 saturated heterocycles. The Hall–Kier alpha value is -0.660. The van der Waals surface area contributed by atoms with Gasteiger partial charge in [-0.15, -0.1) is 6.58 Å². The summed E-state index contributed by atoms with van der Waals surface area (Å²) in [6.07, 6.45) is 3.10. The number of halogens is 2. The Morgan fingerprint density at radius 1 is 1.33 bits per heavy atom. The van der Waals surface area contributed by atoms with Crippen LogP contribution in [0.4, 0.5) is 8.78 Å². The summed E-state index contributed by atoms with van der Waals surface area (Å²) in [5, 5.41) is 0. The van der Waals surface area contributed by atoms with E-state index in [9.17, 15) is 8.78 Å². The molecule has 9 heavy (non-hydrogen) atoms. The second-order valence-corrected chi connectivity index (χ2v) is 1.71. The zero-order valence-electron chi connectivity index (χ0n) is 5.24. The summed E-state index contributed by atoms with van der Waals surface area (Å²) in [7, 11) is 0. The first-order valence-electron chi connectivity index (χ1n) is 2.89. The zero-order valence-corrected chi connectivity index (χ0v) is 5.24. The summed E-state index contributed by atoms with van der Waals surface area (Å²) in [5.41, 5.74) is 0. The van der Waals surface area contributed by atoms with Gasteiger partial charge in [0, 0.05) is 0 Å². The molecule has 0 spiro atoms. The molecule has 0 saturated carbocycles. The van der Waals surface area contributed by atoms with E-state index in [1.807, 2.05) is 0 Å². The minimum atomic E-state index is -1.58. The van der Waals surface area contributed by atoms with Crippen molar-refractivity contribution in [2.45, 2.75) is 19.3 Å². The molecule has 0 aliphatic heterocycles. The minimum Gasteiger partial charge on any atom is -0.174 e. The molecule has 0 rings (SSSR count). The van der Waals surface area contributed by atoms with E-state index in [1.54, 1.807) is 6.08 Å². The van der Waals surface area contributed by atoms with Gasteiger partial charge in [0.05, 0.1) is 0 Å². The second kappa shape index (κ2) is 5.48. The number of hydrogen-bond acceptors (Lipinski definition) is 0. The van der Waals surface area contributed by atoms with Crippen LogP contribution in [-0.2, 0) is 0 Å². The van der Waals surface area contributed by atoms with Crippen LogP contribution in [0.3, 0.4) is 0 Å². The van der Waals surface area contributed by atoms with E-state index >= 15 is 0 Å². The van der Waals surface area contributed by atoms with Crippen molar-refractivity contribution in [1.82, 2.24) is 0 Å². The standard InChI is InChI=1S/C7H10F2/c1-2-3-4-5-6-7(8)9/h2,6H,1,3-5H2. The third-order valence-corrected chi connectivity index (χ3v) is 0.911. The Balaban J connectivity index is 3.09. The van der Waals surface area contributed by atoms with Gasteiger partial charge >= 0.3 is 0 Å². The third kappa shape index (κ3) is 7.34. The van der Waals surface area contributed by atoms with Crippen LogP contribution in [0.15, 0.2) is 24.8 Å². The van der Waals surface area contributed by atoms with Crippen LogP contribution >= 0.6 is 0 Å². The van der Waals surface area contributed by atoms with Crippen molar-refractivity contribution in [2.75, 3.05) is 0 Å². The maximum atomic E-state index is 11.3. The molecule has 0 amide bonds. The molecule has 0 aliphatic carbocycles. The highest BCUT2D eigenvalue weighted by Crippen LogP contribution is 2.03. The molecule has 0 aromatic heterocycles. The van der Waals surface area contributed by atoms with E-state index in [-0.39, 0.29) is 0 Å². The molecule has 0 bridgehead atoms. The number of hydrogen-bond donors (Lipinski definition) is 0. The van der Waals surface area contributed by atoms with E-state index < -0.39 is 6.08 Å². The molecule has 0 aliphatic rings. The molecular formula is C7H10F2. The Labute approximate surface area is 53.9 Å². The van der Waals surface area contributed by atoms with E-state index in [0.717, 1.165) is 18.9 Å². The van der Waals surface area contributed by atoms with Crippen molar-refractivity contribution >= 4 is 0 Å². The molecule has 52 valence electrons. The van der Waals surface area contributed by atoms with Gasteiger partial charge in [0.2, 0.25) is 0 Å². The highest BCUT2D eigenvalue weighted by Gasteiger charge is 1.85. The maximum Gasteiger partial charge on any atom is 0.266 e. The number of unbranched alkanes of at least 4 members (excludes halogenated alkanes) is 2. The first-order chi connectivity index (χ1) is 4.27. The van der Waals surface area contributed by atoms with Gasteiger partial charge in [-0.05, 0) is 25.3 Å². The monoisotopic (exact) mass is 132 g/mol. The van der Waals surface area contributed by atoms with Gasteiger partial charge in [0.15, 0.2) is 0 Å². The minimum absolute atomic E-state index is 0.453. The molecule has 0 N–H and O–H groups in total. The smallest absolute Gasteiger partial charge is 0.174 e. The Morgan fingerprint density at radius 3 is 2.44 bits per heavy atom. The third-order valence-electron chi connectivity index (χ3n) is 0.911. The Morgan fingerprint density at radius 2 is 2.00 bits per heavy atom. The van der Waals surface area contributed by atoms with Gasteiger partial charge in [-0.25, -0.2) is 0 Å². The highest BCUT2D eigenvalue weighted by atomic mass is 19.3. The van der Waals surface area contributed by atoms with E-state index in [1.165, 1.54) is 0 Å². The lowest BCUT2D eigenvalue weighted by Gasteiger charge is -1.86. The quantitative estimate of drug-likeness (QED) is 0.407. The average molecular weight is 132 g/mol. The molecular weight excluding hydrogens is 122 g/mol. The largest absolute Gasteiger partial charge is 0.266 e. The summed E-state index contributed by atoms with van der Waals surface area (Å²) < 4.78 is 22.6. The molecule has 0 heterocycles. The first kappa shape index (κ1) is 8.34. The molecule has 0 unspecified atom stereocenters. The van der Waals surface area contributed by atoms with Crippen LogP contribution in [-0.4, -0.2) is 0 Å². The van der Waals surface area contributed by atoms with Crippen LogP contribution in [0.25, 0.3) is 0 Å². The lowest BCUT2D eigenvalue weighted by atomic mass is 10.2. The van der Waals surface area contributed by atoms with E-state index in [0.29, 0.717) is 6.42 Å². The van der Waals surface area contributed by atoms with Crippen molar-refractivity contribution < 1.29 is 8.78 Å². The molecule has 0 radical (unpaired) electrons. The normalized spacial score (nSPS) is 8.67. The van der Waals surface area contributed by atoms with Crippen molar-refractivity contribution in [3.63, 3.8) is 0 Å². The van der Waals surface area contributed by atoms with Crippen LogP contribution < -0.4 is 0 Å². The molecule has 0 aromatic carbocycles. The van der Waals surface area contributed by atoms with Crippen LogP contribution in [0.5, 0.6) is 0 Å². The molecule has 0 aromatic rings. The second-order valence-electron chi connectivity index (χ2n) is 1.71. The summed E-state index contributed by atoms with van der Waals surface area (Å²) in [5.74, 6) is 0. The predicted molar refractivity (Wildman–Crippen MR) is 34.3 cm³/mol. The van der Waals surface area contributed by atoms with Crippen molar-refractivity contribution in [3.05, 3.63) is 24.8 Å². The summed E-state index contributed by atoms with van der Waals surface area (Å²) in [4.78, 5) is 0. The molecule has 2 heteroatoms. The van der Waals surface area contributed by atoms with Gasteiger partial charge in [0.25, 0.3) is 6.08 Å². The molecule has 0 nitrogen and oxygen atoms in total. The SMILES string of the molecule is C=CCCCC=C(F)F. The predicted octanol–water partition coefficient (Wildman–Crippen LogP) is 3.12. The topological polar surface area (TPSA) is 0 Å². The molecule has 0 fully saturated rings. The number of allylic oxidation sites excluding steroid dienone is 2. The van der Waals surface area contributed by atoms with Gasteiger partial charge in [-0.2, -0.15) is 8.78 Å². The summed E-state index contributed by atoms with van der Waals surface area (Å²) in [6.45, 7) is 3.47. The van der Waals surface area contributed by atoms with Crippen molar-refractivity contribution in [3.8, 4) is 0 Å². The van der Waals surface area contributed by atoms with Crippen LogP contribution in [0, 0.1) is 0 Å². The van der Waals surface area contributed by atoms with E-state index in [4.69, 9.17) is 0 Å². The van der Waals surface area contributed by atoms with Crippen molar-refractivity contribution in [2.24, 2.45) is 0 Å². The molecule has 0 atom stereocenters. The Kier molecular flexibility index (Phi) is 5.07. The van der Waals surface area contributed by atoms with E-state index in [2.05, 4.69) is 6.58 Å². The Bertz CT molecular complexity index is 101. The van der Waals surface area contributed by atoms with Crippen molar-refractivity contribution in [1.29, 1.82) is 0 Å². The lowest BCUT2D eigenvalue weighted by Crippen LogP contribution is -1.68. The summed E-state index contributed by atoms with van der Waals surface area (Å²) >= 11 is 0. The average Bonchev–Trinajstić information content (AvgIpc) is 1.80. The van der Waals surface area contributed by atoms with Gasteiger partial charge in [-0.3, -0.25) is 0 Å². The fourth-order valence-corrected chi connectivity index (χ4v) is 0.473. The van der Waals surface area contributed by atoms with Gasteiger partial charge in [-0.1, -0.05) is 6.08 Å². The summed E-state index contributed by atoms with van der Waals surface area (Å²) in [6, 6.07) is 0. The lowest BCUT2D eigenvalue weighted by molar-refractivity contribution is 0.417. The van der Waals surface area contributed by atoms with Crippen LogP contribution in [0.1, 0.15) is 19.3 Å². The number of rotatable bonds is 4. The van der Waals surface area contributed by atoms with Crippen LogP contribution in [0.2, 0.25) is 0 Å². The zero-order chi connectivity index (χ0) is 7.11. The van der Waals surface area contributed by atoms with Gasteiger partial charge < -0.3 is 0 Å². The van der Waals surface area contributed by atoms with Gasteiger partial charge in [0.1, 0.15) is 0 Å². The highest BCUT2D eigenvalue weighted by molar-refractivity contribution is 4.81. The fourth-order valence-electron chi connectivity index (χ4n) is 0.473. The first-order valence-corrected chi connectivity index (χ1v) is 2.89. The fraction of sp³-hybridized carbons (Fsp3) is 0.429.